The second-order valence-corrected chi connectivity index (χ2v) is 6.27. The van der Waals surface area contributed by atoms with Crippen LogP contribution in [0.2, 0.25) is 0 Å². The zero-order valence-corrected chi connectivity index (χ0v) is 14.2. The molecule has 4 N–H and O–H groups in total. The molecule has 0 spiro atoms. The molecule has 0 bridgehead atoms. The smallest absolute Gasteiger partial charge is 0.475 e. The van der Waals surface area contributed by atoms with Gasteiger partial charge in [-0.05, 0) is 0 Å². The van der Waals surface area contributed by atoms with E-state index >= 15 is 0 Å². The topological polar surface area (TPSA) is 183 Å². The van der Waals surface area contributed by atoms with E-state index in [1.54, 1.807) is 0 Å². The number of carboxylic acids is 2. The van der Waals surface area contributed by atoms with Gasteiger partial charge in [0.05, 0.1) is 0 Å². The van der Waals surface area contributed by atoms with Gasteiger partial charge in [0.25, 0.3) is 0 Å². The summed E-state index contributed by atoms with van der Waals surface area (Å²) in [6.07, 6.45) is -10.2. The Labute approximate surface area is 155 Å². The second-order valence-electron chi connectivity index (χ2n) is 3.45. The van der Waals surface area contributed by atoms with Crippen molar-refractivity contribution < 1.29 is 98.4 Å². The van der Waals surface area contributed by atoms with Crippen molar-refractivity contribution in [2.45, 2.75) is 23.4 Å². The van der Waals surface area contributed by atoms with Crippen LogP contribution in [0.1, 0.15) is 0 Å². The van der Waals surface area contributed by atoms with Crippen molar-refractivity contribution in [2.75, 3.05) is 0 Å². The fourth-order valence-corrected chi connectivity index (χ4v) is 0. The third kappa shape index (κ3) is 20.6. The standard InChI is InChI=1S/2C2HF3O2.2CHF3O3S/c2*3-2(4,5)1(6)7;2*2-1(3,4)8(5,6)7/h2*(H,6,7);2*(H,5,6,7). The molecule has 0 saturated carbocycles. The van der Waals surface area contributed by atoms with Crippen molar-refractivity contribution in [3.63, 3.8) is 0 Å². The van der Waals surface area contributed by atoms with Crippen LogP contribution in [0.25, 0.3) is 0 Å². The van der Waals surface area contributed by atoms with Crippen molar-refractivity contribution in [1.29, 1.82) is 0 Å². The number of hydrogen-bond donors (Lipinski definition) is 4. The number of rotatable bonds is 0. The van der Waals surface area contributed by atoms with Gasteiger partial charge in [-0.25, -0.2) is 9.59 Å². The Morgan fingerprint density at radius 3 is 0.567 bits per heavy atom. The van der Waals surface area contributed by atoms with E-state index in [0.717, 1.165) is 0 Å². The zero-order valence-electron chi connectivity index (χ0n) is 12.6. The van der Waals surface area contributed by atoms with Crippen molar-refractivity contribution in [1.82, 2.24) is 0 Å². The molecule has 0 unspecified atom stereocenters. The molecule has 10 nitrogen and oxygen atoms in total. The number of carbonyl (C=O) groups is 2. The lowest BCUT2D eigenvalue weighted by atomic mass is 10.7. The summed E-state index contributed by atoms with van der Waals surface area (Å²) in [4.78, 5) is 17.8. The lowest BCUT2D eigenvalue weighted by molar-refractivity contribution is -0.193. The number of hydrogen-bond acceptors (Lipinski definition) is 6. The highest BCUT2D eigenvalue weighted by Gasteiger charge is 2.45. The Morgan fingerprint density at radius 2 is 0.567 bits per heavy atom. The summed E-state index contributed by atoms with van der Waals surface area (Å²) >= 11 is 0. The molecular weight excluding hydrogens is 524 g/mol. The van der Waals surface area contributed by atoms with Crippen LogP contribution in [0.5, 0.6) is 0 Å². The first-order chi connectivity index (χ1) is 12.4. The molecule has 0 saturated heterocycles. The first-order valence-corrected chi connectivity index (χ1v) is 7.94. The predicted molar refractivity (Wildman–Crippen MR) is 62.6 cm³/mol. The minimum absolute atomic E-state index is 2.76. The van der Waals surface area contributed by atoms with E-state index < -0.39 is 55.5 Å². The highest BCUT2D eigenvalue weighted by molar-refractivity contribution is 7.86. The average molecular weight is 528 g/mol. The third-order valence-electron chi connectivity index (χ3n) is 1.07. The van der Waals surface area contributed by atoms with Crippen LogP contribution in [-0.4, -0.2) is 71.5 Å². The van der Waals surface area contributed by atoms with Crippen LogP contribution in [0.15, 0.2) is 0 Å². The summed E-state index contributed by atoms with van der Waals surface area (Å²) < 4.78 is 179. The molecule has 0 aromatic heterocycles. The molecule has 0 aromatic carbocycles. The minimum atomic E-state index is -5.84. The molecule has 24 heteroatoms. The Bertz CT molecular complexity index is 687. The monoisotopic (exact) mass is 528 g/mol. The SMILES string of the molecule is O=C(O)C(F)(F)F.O=C(O)C(F)(F)F.O=S(=O)(O)C(F)(F)F.O=S(=O)(O)C(F)(F)F. The fourth-order valence-electron chi connectivity index (χ4n) is 0. The van der Waals surface area contributed by atoms with Gasteiger partial charge < -0.3 is 10.2 Å². The van der Waals surface area contributed by atoms with E-state index in [-0.39, 0.29) is 0 Å². The maximum atomic E-state index is 10.7. The number of carboxylic acid groups (broad SMARTS) is 2. The molecule has 0 atom stereocenters. The lowest BCUT2D eigenvalue weighted by Gasteiger charge is -1.97. The molecule has 0 heterocycles. The number of alkyl halides is 12. The highest BCUT2D eigenvalue weighted by atomic mass is 32.2. The van der Waals surface area contributed by atoms with Crippen molar-refractivity contribution >= 4 is 32.2 Å². The summed E-state index contributed by atoms with van der Waals surface area (Å²) in [7, 11) is -11.7. The molecule has 0 radical (unpaired) electrons. The van der Waals surface area contributed by atoms with E-state index in [1.807, 2.05) is 0 Å². The predicted octanol–water partition coefficient (Wildman–Crippen LogP) is 2.05. The second kappa shape index (κ2) is 11.3. The van der Waals surface area contributed by atoms with Crippen LogP contribution in [0.3, 0.4) is 0 Å². The van der Waals surface area contributed by atoms with Crippen molar-refractivity contribution in [2.24, 2.45) is 0 Å². The van der Waals surface area contributed by atoms with Crippen LogP contribution < -0.4 is 0 Å². The number of halogens is 12. The molecule has 0 aliphatic rings. The van der Waals surface area contributed by atoms with Crippen LogP contribution in [0.4, 0.5) is 52.7 Å². The van der Waals surface area contributed by atoms with E-state index in [2.05, 4.69) is 0 Å². The van der Waals surface area contributed by atoms with Gasteiger partial charge in [0.2, 0.25) is 0 Å². The largest absolute Gasteiger partial charge is 0.522 e. The highest BCUT2D eigenvalue weighted by Crippen LogP contribution is 2.21. The van der Waals surface area contributed by atoms with Gasteiger partial charge in [-0.3, -0.25) is 9.11 Å². The molecule has 0 rings (SSSR count). The number of aliphatic carboxylic acids is 2. The summed E-state index contributed by atoms with van der Waals surface area (Å²) in [6, 6.07) is 0. The van der Waals surface area contributed by atoms with E-state index in [0.29, 0.717) is 0 Å². The molecule has 0 aromatic rings. The van der Waals surface area contributed by atoms with Gasteiger partial charge in [0, 0.05) is 0 Å². The van der Waals surface area contributed by atoms with Crippen molar-refractivity contribution in [3.05, 3.63) is 0 Å². The van der Waals surface area contributed by atoms with E-state index in [9.17, 15) is 52.7 Å². The molecule has 0 aliphatic carbocycles. The molecule has 0 fully saturated rings. The van der Waals surface area contributed by atoms with Gasteiger partial charge in [-0.2, -0.15) is 69.5 Å². The molecular formula is C6H4F12O10S2. The fraction of sp³-hybridized carbons (Fsp3) is 0.667. The van der Waals surface area contributed by atoms with Crippen LogP contribution in [-0.2, 0) is 29.8 Å². The van der Waals surface area contributed by atoms with Crippen LogP contribution >= 0.6 is 0 Å². The van der Waals surface area contributed by atoms with Crippen LogP contribution in [0, 0.1) is 0 Å². The third-order valence-corrected chi connectivity index (χ3v) is 2.24. The van der Waals surface area contributed by atoms with Gasteiger partial charge in [-0.1, -0.05) is 0 Å². The maximum Gasteiger partial charge on any atom is 0.522 e. The van der Waals surface area contributed by atoms with Crippen molar-refractivity contribution in [3.8, 4) is 0 Å². The normalized spacial score (nSPS) is 12.7. The molecule has 0 amide bonds. The minimum Gasteiger partial charge on any atom is -0.475 e. The molecule has 30 heavy (non-hydrogen) atoms. The molecule has 0 aliphatic heterocycles. The van der Waals surface area contributed by atoms with Gasteiger partial charge in [0.1, 0.15) is 0 Å². The Morgan fingerprint density at radius 1 is 0.500 bits per heavy atom. The van der Waals surface area contributed by atoms with Gasteiger partial charge in [-0.15, -0.1) is 0 Å². The maximum absolute atomic E-state index is 10.7. The summed E-state index contributed by atoms with van der Waals surface area (Å²) in [5, 5.41) is 14.2. The summed E-state index contributed by atoms with van der Waals surface area (Å²) in [5.41, 5.74) is -11.1. The Hall–Kier alpha value is -2.08. The average Bonchev–Trinajstić information content (AvgIpc) is 2.33. The first-order valence-electron chi connectivity index (χ1n) is 5.06. The zero-order chi connectivity index (χ0) is 26.2. The summed E-state index contributed by atoms with van der Waals surface area (Å²) in [6.45, 7) is 0. The lowest BCUT2D eigenvalue weighted by Crippen LogP contribution is -2.21. The van der Waals surface area contributed by atoms with E-state index in [4.69, 9.17) is 45.7 Å². The van der Waals surface area contributed by atoms with Gasteiger partial charge in [0.15, 0.2) is 0 Å². The summed E-state index contributed by atoms with van der Waals surface area (Å²) in [5.74, 6) is -5.51. The van der Waals surface area contributed by atoms with E-state index in [1.165, 1.54) is 0 Å². The Kier molecular flexibility index (Phi) is 13.4. The Balaban J connectivity index is -0.000000151. The first kappa shape index (κ1) is 35.4. The quantitative estimate of drug-likeness (QED) is 0.206. The van der Waals surface area contributed by atoms with Gasteiger partial charge >= 0.3 is 55.5 Å². The molecule has 184 valence electrons.